The van der Waals surface area contributed by atoms with Crippen LogP contribution >= 0.6 is 15.9 Å². The molecule has 0 spiro atoms. The van der Waals surface area contributed by atoms with E-state index < -0.39 is 0 Å². The van der Waals surface area contributed by atoms with Crippen LogP contribution in [0.1, 0.15) is 0 Å². The summed E-state index contributed by atoms with van der Waals surface area (Å²) in [5.41, 5.74) is 0. The van der Waals surface area contributed by atoms with Crippen LogP contribution in [0.3, 0.4) is 0 Å². The second kappa shape index (κ2) is 2.13. The molecule has 4 nitrogen and oxygen atoms in total. The van der Waals surface area contributed by atoms with Crippen LogP contribution in [-0.2, 0) is 0 Å². The highest BCUT2D eigenvalue weighted by Gasteiger charge is 2.00. The number of aromatic amines is 1. The molecular weight excluding hydrogens is 174 g/mol. The Hall–Kier alpha value is -0.580. The van der Waals surface area contributed by atoms with E-state index in [2.05, 4.69) is 31.3 Å². The van der Waals surface area contributed by atoms with Gasteiger partial charge in [0.15, 0.2) is 4.60 Å². The second-order valence-electron chi connectivity index (χ2n) is 1.12. The van der Waals surface area contributed by atoms with Gasteiger partial charge in [0.2, 0.25) is 0 Å². The minimum absolute atomic E-state index is 0.477. The molecule has 0 aliphatic rings. The van der Waals surface area contributed by atoms with Gasteiger partial charge in [-0.15, -0.1) is 10.2 Å². The molecule has 1 rings (SSSR count). The highest BCUT2D eigenvalue weighted by molar-refractivity contribution is 9.10. The van der Waals surface area contributed by atoms with Gasteiger partial charge in [0.1, 0.15) is 0 Å². The van der Waals surface area contributed by atoms with Gasteiger partial charge in [0.25, 0.3) is 5.88 Å². The summed E-state index contributed by atoms with van der Waals surface area (Å²) >= 11 is 3.10. The smallest absolute Gasteiger partial charge is 0.267 e. The first-order chi connectivity index (χ1) is 3.84. The molecule has 0 saturated heterocycles. The third-order valence-corrected chi connectivity index (χ3v) is 1.19. The first-order valence-electron chi connectivity index (χ1n) is 1.95. The van der Waals surface area contributed by atoms with Crippen molar-refractivity contribution in [2.24, 2.45) is 0 Å². The number of aromatic nitrogens is 3. The second-order valence-corrected chi connectivity index (χ2v) is 1.87. The van der Waals surface area contributed by atoms with Crippen molar-refractivity contribution in [2.45, 2.75) is 0 Å². The topological polar surface area (TPSA) is 50.8 Å². The summed E-state index contributed by atoms with van der Waals surface area (Å²) in [5.74, 6) is 0.477. The summed E-state index contributed by atoms with van der Waals surface area (Å²) in [7, 11) is 1.53. The van der Waals surface area contributed by atoms with Crippen molar-refractivity contribution in [3.63, 3.8) is 0 Å². The van der Waals surface area contributed by atoms with Gasteiger partial charge in [-0.3, -0.25) is 0 Å². The Morgan fingerprint density at radius 3 is 2.62 bits per heavy atom. The van der Waals surface area contributed by atoms with E-state index in [4.69, 9.17) is 4.74 Å². The molecule has 0 unspecified atom stereocenters. The lowest BCUT2D eigenvalue weighted by Gasteiger charge is -1.86. The lowest BCUT2D eigenvalue weighted by atomic mass is 10.9. The summed E-state index contributed by atoms with van der Waals surface area (Å²) in [5, 5.41) is 9.65. The van der Waals surface area contributed by atoms with E-state index in [0.29, 0.717) is 10.5 Å². The Balaban J connectivity index is 2.92. The SMILES string of the molecule is COc1n[nH]nc1Br. The standard InChI is InChI=1S/C3H4BrN3O/c1-8-3-2(4)5-7-6-3/h1H3,(H,5,6,7). The molecule has 1 aromatic heterocycles. The molecule has 44 valence electrons. The molecule has 0 aromatic carbocycles. The summed E-state index contributed by atoms with van der Waals surface area (Å²) < 4.78 is 5.33. The van der Waals surface area contributed by atoms with E-state index in [1.807, 2.05) is 0 Å². The maximum Gasteiger partial charge on any atom is 0.267 e. The number of nitrogens with zero attached hydrogens (tertiary/aromatic N) is 2. The average molecular weight is 178 g/mol. The quantitative estimate of drug-likeness (QED) is 0.683. The zero-order chi connectivity index (χ0) is 5.98. The molecule has 0 fully saturated rings. The van der Waals surface area contributed by atoms with Crippen LogP contribution in [-0.4, -0.2) is 22.5 Å². The average Bonchev–Trinajstić information content (AvgIpc) is 2.14. The normalized spacial score (nSPS) is 9.25. The summed E-state index contributed by atoms with van der Waals surface area (Å²) in [4.78, 5) is 0. The molecule has 0 radical (unpaired) electrons. The highest BCUT2D eigenvalue weighted by atomic mass is 79.9. The predicted molar refractivity (Wildman–Crippen MR) is 30.6 cm³/mol. The molecule has 0 saturated carbocycles. The fraction of sp³-hybridized carbons (Fsp3) is 0.333. The summed E-state index contributed by atoms with van der Waals surface area (Å²) in [6.07, 6.45) is 0. The monoisotopic (exact) mass is 177 g/mol. The van der Waals surface area contributed by atoms with Crippen LogP contribution in [0.25, 0.3) is 0 Å². The number of hydrogen-bond donors (Lipinski definition) is 1. The van der Waals surface area contributed by atoms with Crippen LogP contribution < -0.4 is 4.74 Å². The van der Waals surface area contributed by atoms with Crippen LogP contribution in [0, 0.1) is 0 Å². The van der Waals surface area contributed by atoms with Crippen molar-refractivity contribution in [3.05, 3.63) is 4.60 Å². The largest absolute Gasteiger partial charge is 0.478 e. The minimum atomic E-state index is 0.477. The third kappa shape index (κ3) is 0.812. The molecule has 1 heterocycles. The number of H-pyrrole nitrogens is 1. The Bertz CT molecular complexity index is 175. The molecular formula is C3H4BrN3O. The fourth-order valence-electron chi connectivity index (χ4n) is 0.338. The van der Waals surface area contributed by atoms with Crippen LogP contribution in [0.2, 0.25) is 0 Å². The molecule has 1 aromatic rings. The van der Waals surface area contributed by atoms with Gasteiger partial charge < -0.3 is 4.74 Å². The van der Waals surface area contributed by atoms with Crippen molar-refractivity contribution in [3.8, 4) is 5.88 Å². The molecule has 0 aliphatic heterocycles. The van der Waals surface area contributed by atoms with Crippen molar-refractivity contribution in [1.82, 2.24) is 15.4 Å². The van der Waals surface area contributed by atoms with Gasteiger partial charge in [0.05, 0.1) is 7.11 Å². The number of ether oxygens (including phenoxy) is 1. The lowest BCUT2D eigenvalue weighted by Crippen LogP contribution is -1.81. The third-order valence-electron chi connectivity index (χ3n) is 0.670. The minimum Gasteiger partial charge on any atom is -0.478 e. The van der Waals surface area contributed by atoms with Gasteiger partial charge in [-0.1, -0.05) is 0 Å². The van der Waals surface area contributed by atoms with Crippen LogP contribution in [0.15, 0.2) is 4.60 Å². The summed E-state index contributed by atoms with van der Waals surface area (Å²) in [6, 6.07) is 0. The lowest BCUT2D eigenvalue weighted by molar-refractivity contribution is 0.394. The molecule has 1 N–H and O–H groups in total. The van der Waals surface area contributed by atoms with E-state index in [1.165, 1.54) is 7.11 Å². The zero-order valence-electron chi connectivity index (χ0n) is 4.18. The number of nitrogens with one attached hydrogen (secondary N) is 1. The Labute approximate surface area is 54.4 Å². The maximum absolute atomic E-state index is 4.73. The Morgan fingerprint density at radius 2 is 2.38 bits per heavy atom. The maximum atomic E-state index is 4.73. The number of hydrogen-bond acceptors (Lipinski definition) is 3. The van der Waals surface area contributed by atoms with Crippen LogP contribution in [0.5, 0.6) is 5.88 Å². The highest BCUT2D eigenvalue weighted by Crippen LogP contribution is 2.15. The molecule has 5 heteroatoms. The van der Waals surface area contributed by atoms with Crippen molar-refractivity contribution >= 4 is 15.9 Å². The van der Waals surface area contributed by atoms with Crippen molar-refractivity contribution in [1.29, 1.82) is 0 Å². The molecule has 0 amide bonds. The fourth-order valence-corrected chi connectivity index (χ4v) is 0.668. The van der Waals surface area contributed by atoms with Crippen LogP contribution in [0.4, 0.5) is 0 Å². The van der Waals surface area contributed by atoms with Crippen molar-refractivity contribution in [2.75, 3.05) is 7.11 Å². The number of methoxy groups -OCH3 is 1. The molecule has 0 bridgehead atoms. The first-order valence-corrected chi connectivity index (χ1v) is 2.74. The van der Waals surface area contributed by atoms with E-state index in [1.54, 1.807) is 0 Å². The Kier molecular flexibility index (Phi) is 1.48. The van der Waals surface area contributed by atoms with Gasteiger partial charge >= 0.3 is 0 Å². The van der Waals surface area contributed by atoms with Gasteiger partial charge in [-0.25, -0.2) is 0 Å². The number of rotatable bonds is 1. The van der Waals surface area contributed by atoms with Gasteiger partial charge in [-0.2, -0.15) is 5.21 Å². The van der Waals surface area contributed by atoms with E-state index in [0.717, 1.165) is 0 Å². The van der Waals surface area contributed by atoms with E-state index >= 15 is 0 Å². The molecule has 8 heavy (non-hydrogen) atoms. The number of halogens is 1. The van der Waals surface area contributed by atoms with Crippen molar-refractivity contribution < 1.29 is 4.74 Å². The zero-order valence-corrected chi connectivity index (χ0v) is 5.77. The van der Waals surface area contributed by atoms with Gasteiger partial charge in [0, 0.05) is 0 Å². The molecule has 0 aliphatic carbocycles. The predicted octanol–water partition coefficient (Wildman–Crippen LogP) is 0.576. The van der Waals surface area contributed by atoms with E-state index in [-0.39, 0.29) is 0 Å². The van der Waals surface area contributed by atoms with Gasteiger partial charge in [-0.05, 0) is 15.9 Å². The molecule has 0 atom stereocenters. The van der Waals surface area contributed by atoms with E-state index in [9.17, 15) is 0 Å². The Morgan fingerprint density at radius 1 is 1.62 bits per heavy atom. The summed E-state index contributed by atoms with van der Waals surface area (Å²) in [6.45, 7) is 0. The first kappa shape index (κ1) is 5.55.